The first-order valence-electron chi connectivity index (χ1n) is 9.80. The molecule has 0 rings (SSSR count). The molecule has 0 aliphatic heterocycles. The molecule has 24 heavy (non-hydrogen) atoms. The van der Waals surface area contributed by atoms with Gasteiger partial charge in [0.15, 0.2) is 0 Å². The Kier molecular flexibility index (Phi) is 17.8. The number of ether oxygens (including phenoxy) is 1. The molecule has 0 saturated heterocycles. The van der Waals surface area contributed by atoms with Crippen LogP contribution in [0.1, 0.15) is 90.4 Å². The molecule has 0 aromatic rings. The maximum Gasteiger partial charge on any atom is 0.305 e. The Morgan fingerprint density at radius 1 is 1.00 bits per heavy atom. The zero-order chi connectivity index (χ0) is 17.9. The van der Waals surface area contributed by atoms with Crippen LogP contribution in [0, 0.1) is 0 Å². The molecule has 0 spiro atoms. The van der Waals surface area contributed by atoms with Crippen molar-refractivity contribution in [3.63, 3.8) is 0 Å². The average Bonchev–Trinajstić information content (AvgIpc) is 2.58. The van der Waals surface area contributed by atoms with Crippen LogP contribution >= 0.6 is 0 Å². The molecule has 0 aliphatic carbocycles. The number of allylic oxidation sites excluding steroid dienone is 1. The van der Waals surface area contributed by atoms with Gasteiger partial charge in [-0.25, -0.2) is 0 Å². The van der Waals surface area contributed by atoms with Crippen LogP contribution in [0.5, 0.6) is 0 Å². The molecule has 0 aromatic heterocycles. The molecule has 0 saturated carbocycles. The molecular formula is C20H38O4. The van der Waals surface area contributed by atoms with Crippen LogP contribution in [-0.4, -0.2) is 35.5 Å². The maximum atomic E-state index is 11.2. The van der Waals surface area contributed by atoms with Crippen LogP contribution in [0.4, 0.5) is 0 Å². The zero-order valence-electron chi connectivity index (χ0n) is 15.5. The Labute approximate surface area is 148 Å². The first-order valence-corrected chi connectivity index (χ1v) is 9.80. The van der Waals surface area contributed by atoms with E-state index in [1.54, 1.807) is 0 Å². The lowest BCUT2D eigenvalue weighted by molar-refractivity contribution is -0.144. The number of esters is 1. The van der Waals surface area contributed by atoms with Crippen molar-refractivity contribution in [2.75, 3.05) is 13.2 Å². The summed E-state index contributed by atoms with van der Waals surface area (Å²) in [6.07, 6.45) is 17.6. The molecule has 2 N–H and O–H groups in total. The highest BCUT2D eigenvalue weighted by Gasteiger charge is 2.02. The molecule has 1 unspecified atom stereocenters. The van der Waals surface area contributed by atoms with Crippen LogP contribution in [0.2, 0.25) is 0 Å². The number of carbonyl (C=O) groups is 1. The highest BCUT2D eigenvalue weighted by atomic mass is 16.5. The van der Waals surface area contributed by atoms with E-state index in [0.717, 1.165) is 51.4 Å². The summed E-state index contributed by atoms with van der Waals surface area (Å²) >= 11 is 0. The zero-order valence-corrected chi connectivity index (χ0v) is 15.5. The van der Waals surface area contributed by atoms with Gasteiger partial charge in [-0.1, -0.05) is 64.0 Å². The Balaban J connectivity index is 3.30. The van der Waals surface area contributed by atoms with Crippen LogP contribution in [0.3, 0.4) is 0 Å². The van der Waals surface area contributed by atoms with Crippen LogP contribution in [-0.2, 0) is 9.53 Å². The van der Waals surface area contributed by atoms with E-state index in [1.165, 1.54) is 25.7 Å². The van der Waals surface area contributed by atoms with Gasteiger partial charge in [0.25, 0.3) is 0 Å². The van der Waals surface area contributed by atoms with E-state index in [-0.39, 0.29) is 25.3 Å². The van der Waals surface area contributed by atoms with E-state index < -0.39 is 0 Å². The van der Waals surface area contributed by atoms with Crippen LogP contribution in [0.15, 0.2) is 12.2 Å². The summed E-state index contributed by atoms with van der Waals surface area (Å²) < 4.78 is 4.80. The van der Waals surface area contributed by atoms with E-state index in [9.17, 15) is 9.90 Å². The van der Waals surface area contributed by atoms with Gasteiger partial charge >= 0.3 is 5.97 Å². The minimum absolute atomic E-state index is 0.102. The molecule has 0 aliphatic rings. The monoisotopic (exact) mass is 342 g/mol. The molecule has 0 aromatic carbocycles. The minimum Gasteiger partial charge on any atom is -0.463 e. The van der Waals surface area contributed by atoms with Crippen molar-refractivity contribution in [2.24, 2.45) is 0 Å². The second-order valence-electron chi connectivity index (χ2n) is 6.46. The summed E-state index contributed by atoms with van der Waals surface area (Å²) in [5.41, 5.74) is 0. The van der Waals surface area contributed by atoms with Gasteiger partial charge in [0.2, 0.25) is 0 Å². The highest BCUT2D eigenvalue weighted by Crippen LogP contribution is 2.10. The molecule has 4 nitrogen and oxygen atoms in total. The van der Waals surface area contributed by atoms with E-state index in [2.05, 4.69) is 19.1 Å². The Hall–Kier alpha value is -0.870. The van der Waals surface area contributed by atoms with Crippen LogP contribution < -0.4 is 0 Å². The molecule has 1 atom stereocenters. The smallest absolute Gasteiger partial charge is 0.305 e. The summed E-state index contributed by atoms with van der Waals surface area (Å²) in [6, 6.07) is 0. The summed E-state index contributed by atoms with van der Waals surface area (Å²) in [7, 11) is 0. The van der Waals surface area contributed by atoms with E-state index in [1.807, 2.05) is 0 Å². The predicted molar refractivity (Wildman–Crippen MR) is 98.9 cm³/mol. The van der Waals surface area contributed by atoms with Crippen molar-refractivity contribution in [3.8, 4) is 0 Å². The fourth-order valence-electron chi connectivity index (χ4n) is 2.59. The second-order valence-corrected chi connectivity index (χ2v) is 6.46. The van der Waals surface area contributed by atoms with Gasteiger partial charge in [0, 0.05) is 6.42 Å². The number of hydrogen-bond acceptors (Lipinski definition) is 4. The maximum absolute atomic E-state index is 11.2. The van der Waals surface area contributed by atoms with E-state index in [0.29, 0.717) is 6.42 Å². The van der Waals surface area contributed by atoms with Gasteiger partial charge in [-0.3, -0.25) is 4.79 Å². The van der Waals surface area contributed by atoms with Gasteiger partial charge in [-0.15, -0.1) is 0 Å². The summed E-state index contributed by atoms with van der Waals surface area (Å²) in [6.45, 7) is 2.21. The highest BCUT2D eigenvalue weighted by molar-refractivity contribution is 5.69. The molecular weight excluding hydrogens is 304 g/mol. The summed E-state index contributed by atoms with van der Waals surface area (Å²) in [5, 5.41) is 18.4. The van der Waals surface area contributed by atoms with Gasteiger partial charge in [-0.05, 0) is 32.1 Å². The first kappa shape index (κ1) is 23.1. The van der Waals surface area contributed by atoms with E-state index in [4.69, 9.17) is 9.84 Å². The fraction of sp³-hybridized carbons (Fsp3) is 0.850. The number of aliphatic hydroxyl groups excluding tert-OH is 2. The quantitative estimate of drug-likeness (QED) is 0.231. The number of hydrogen-bond donors (Lipinski definition) is 2. The normalized spacial score (nSPS) is 12.6. The van der Waals surface area contributed by atoms with Crippen LogP contribution in [0.25, 0.3) is 0 Å². The van der Waals surface area contributed by atoms with Gasteiger partial charge in [-0.2, -0.15) is 0 Å². The van der Waals surface area contributed by atoms with Gasteiger partial charge in [0.05, 0.1) is 12.7 Å². The third kappa shape index (κ3) is 17.5. The fourth-order valence-corrected chi connectivity index (χ4v) is 2.59. The number of aliphatic hydroxyl groups is 2. The third-order valence-electron chi connectivity index (χ3n) is 4.07. The van der Waals surface area contributed by atoms with Gasteiger partial charge in [0.1, 0.15) is 6.61 Å². The minimum atomic E-state index is -0.208. The predicted octanol–water partition coefficient (Wildman–Crippen LogP) is 4.53. The Morgan fingerprint density at radius 3 is 2.46 bits per heavy atom. The average molecular weight is 343 g/mol. The number of rotatable bonds is 17. The van der Waals surface area contributed by atoms with Crippen molar-refractivity contribution in [1.82, 2.24) is 0 Å². The van der Waals surface area contributed by atoms with Gasteiger partial charge < -0.3 is 14.9 Å². The molecule has 0 amide bonds. The van der Waals surface area contributed by atoms with Crippen molar-refractivity contribution < 1.29 is 19.7 Å². The summed E-state index contributed by atoms with van der Waals surface area (Å²) in [4.78, 5) is 11.2. The largest absolute Gasteiger partial charge is 0.463 e. The lowest BCUT2D eigenvalue weighted by atomic mass is 10.1. The molecule has 0 radical (unpaired) electrons. The Bertz CT molecular complexity index is 302. The SMILES string of the molecule is CCCCCCC(O)CC=CCCCCCCCC(=O)OCCO. The molecule has 0 heterocycles. The van der Waals surface area contributed by atoms with Crippen molar-refractivity contribution in [2.45, 2.75) is 96.5 Å². The number of unbranched alkanes of at least 4 members (excludes halogenated alkanes) is 8. The molecule has 142 valence electrons. The second kappa shape index (κ2) is 18.5. The molecule has 4 heteroatoms. The third-order valence-corrected chi connectivity index (χ3v) is 4.07. The van der Waals surface area contributed by atoms with Crippen molar-refractivity contribution in [1.29, 1.82) is 0 Å². The molecule has 0 fully saturated rings. The number of carbonyl (C=O) groups excluding carboxylic acids is 1. The lowest BCUT2D eigenvalue weighted by Crippen LogP contribution is -2.07. The summed E-state index contributed by atoms with van der Waals surface area (Å²) in [5.74, 6) is -0.208. The standard InChI is InChI=1S/C20H38O4/c1-2-3-4-11-14-19(22)15-12-9-7-5-6-8-10-13-16-20(23)24-18-17-21/h9,12,19,21-22H,2-8,10-11,13-18H2,1H3. The lowest BCUT2D eigenvalue weighted by Gasteiger charge is -2.07. The van der Waals surface area contributed by atoms with Crippen molar-refractivity contribution in [3.05, 3.63) is 12.2 Å². The molecule has 0 bridgehead atoms. The Morgan fingerprint density at radius 2 is 1.71 bits per heavy atom. The van der Waals surface area contributed by atoms with Crippen molar-refractivity contribution >= 4 is 5.97 Å². The first-order chi connectivity index (χ1) is 11.7. The van der Waals surface area contributed by atoms with E-state index >= 15 is 0 Å². The topological polar surface area (TPSA) is 66.8 Å².